The quantitative estimate of drug-likeness (QED) is 0.761. The Kier molecular flexibility index (Phi) is 2.59. The maximum atomic E-state index is 9.46. The number of pyridine rings is 2. The van der Waals surface area contributed by atoms with Gasteiger partial charge in [-0.1, -0.05) is 6.07 Å². The first kappa shape index (κ1) is 11.5. The molecule has 3 heterocycles. The van der Waals surface area contributed by atoms with Crippen molar-refractivity contribution >= 4 is 11.5 Å². The van der Waals surface area contributed by atoms with E-state index >= 15 is 0 Å². The highest BCUT2D eigenvalue weighted by Crippen LogP contribution is 2.21. The van der Waals surface area contributed by atoms with Crippen molar-refractivity contribution < 1.29 is 5.11 Å². The lowest BCUT2D eigenvalue weighted by Gasteiger charge is -2.11. The maximum Gasteiger partial charge on any atom is 0.137 e. The third kappa shape index (κ3) is 2.10. The molecule has 0 radical (unpaired) electrons. The minimum atomic E-state index is 0.214. The molecule has 0 aliphatic rings. The zero-order chi connectivity index (χ0) is 13.4. The highest BCUT2D eigenvalue weighted by molar-refractivity contribution is 5.61. The summed E-state index contributed by atoms with van der Waals surface area (Å²) in [7, 11) is 3.90. The molecule has 0 saturated carbocycles. The van der Waals surface area contributed by atoms with Gasteiger partial charge in [0.2, 0.25) is 0 Å². The van der Waals surface area contributed by atoms with E-state index in [1.165, 1.54) is 0 Å². The standard InChI is InChI=1S/C14H14N4O/c1-17(2)13-5-3-4-11(15-13)12-9-18-8-10(19)6-7-14(18)16-12/h3-9,19H,1-2H3. The summed E-state index contributed by atoms with van der Waals surface area (Å²) in [6.07, 6.45) is 3.48. The van der Waals surface area contributed by atoms with Gasteiger partial charge in [-0.05, 0) is 24.3 Å². The van der Waals surface area contributed by atoms with Gasteiger partial charge in [-0.15, -0.1) is 0 Å². The Morgan fingerprint density at radius 2 is 1.84 bits per heavy atom. The van der Waals surface area contributed by atoms with Crippen molar-refractivity contribution in [2.45, 2.75) is 0 Å². The van der Waals surface area contributed by atoms with Crippen LogP contribution in [-0.4, -0.2) is 33.6 Å². The van der Waals surface area contributed by atoms with Gasteiger partial charge in [0.25, 0.3) is 0 Å². The molecule has 0 atom stereocenters. The van der Waals surface area contributed by atoms with Gasteiger partial charge >= 0.3 is 0 Å². The molecule has 1 N–H and O–H groups in total. The summed E-state index contributed by atoms with van der Waals surface area (Å²) in [6, 6.07) is 9.23. The number of rotatable bonds is 2. The number of hydrogen-bond acceptors (Lipinski definition) is 4. The molecule has 19 heavy (non-hydrogen) atoms. The summed E-state index contributed by atoms with van der Waals surface area (Å²) in [5.74, 6) is 1.10. The number of nitrogens with zero attached hydrogens (tertiary/aromatic N) is 4. The Bertz CT molecular complexity index is 733. The van der Waals surface area contributed by atoms with E-state index in [0.717, 1.165) is 22.9 Å². The monoisotopic (exact) mass is 254 g/mol. The largest absolute Gasteiger partial charge is 0.506 e. The van der Waals surface area contributed by atoms with Crippen molar-refractivity contribution in [1.29, 1.82) is 0 Å². The summed E-state index contributed by atoms with van der Waals surface area (Å²) in [5, 5.41) is 9.46. The molecule has 0 unspecified atom stereocenters. The molecule has 0 amide bonds. The first-order valence-electron chi connectivity index (χ1n) is 5.96. The molecule has 3 rings (SSSR count). The van der Waals surface area contributed by atoms with Gasteiger partial charge in [0.1, 0.15) is 22.9 Å². The molecule has 3 aromatic rings. The van der Waals surface area contributed by atoms with Gasteiger partial charge in [-0.3, -0.25) is 0 Å². The van der Waals surface area contributed by atoms with E-state index in [-0.39, 0.29) is 5.75 Å². The number of aromatic hydroxyl groups is 1. The molecular weight excluding hydrogens is 240 g/mol. The number of anilines is 1. The number of hydrogen-bond donors (Lipinski definition) is 1. The lowest BCUT2D eigenvalue weighted by molar-refractivity contribution is 0.472. The van der Waals surface area contributed by atoms with Gasteiger partial charge in [0, 0.05) is 20.3 Å². The lowest BCUT2D eigenvalue weighted by Crippen LogP contribution is -2.10. The Labute approximate surface area is 110 Å². The van der Waals surface area contributed by atoms with E-state index < -0.39 is 0 Å². The first-order chi connectivity index (χ1) is 9.13. The van der Waals surface area contributed by atoms with E-state index in [9.17, 15) is 5.11 Å². The molecule has 5 heteroatoms. The summed E-state index contributed by atoms with van der Waals surface area (Å²) in [5.41, 5.74) is 2.38. The van der Waals surface area contributed by atoms with Crippen LogP contribution in [0.1, 0.15) is 0 Å². The Morgan fingerprint density at radius 1 is 1.00 bits per heavy atom. The van der Waals surface area contributed by atoms with Crippen molar-refractivity contribution in [3.05, 3.63) is 42.7 Å². The van der Waals surface area contributed by atoms with Crippen LogP contribution >= 0.6 is 0 Å². The van der Waals surface area contributed by atoms with Crippen molar-refractivity contribution in [3.8, 4) is 17.1 Å². The average molecular weight is 254 g/mol. The molecule has 0 fully saturated rings. The lowest BCUT2D eigenvalue weighted by atomic mass is 10.3. The molecule has 5 nitrogen and oxygen atoms in total. The minimum Gasteiger partial charge on any atom is -0.506 e. The predicted molar refractivity (Wildman–Crippen MR) is 74.4 cm³/mol. The molecular formula is C14H14N4O. The molecule has 0 spiro atoms. The minimum absolute atomic E-state index is 0.214. The molecule has 0 aliphatic carbocycles. The number of fused-ring (bicyclic) bond motifs is 1. The molecule has 96 valence electrons. The van der Waals surface area contributed by atoms with E-state index in [4.69, 9.17) is 0 Å². The Hall–Kier alpha value is -2.56. The zero-order valence-corrected chi connectivity index (χ0v) is 10.8. The van der Waals surface area contributed by atoms with Crippen LogP contribution in [0.15, 0.2) is 42.7 Å². The fourth-order valence-electron chi connectivity index (χ4n) is 1.92. The van der Waals surface area contributed by atoms with Gasteiger partial charge < -0.3 is 14.4 Å². The topological polar surface area (TPSA) is 53.7 Å². The Morgan fingerprint density at radius 3 is 2.63 bits per heavy atom. The van der Waals surface area contributed by atoms with Gasteiger partial charge in [0.15, 0.2) is 0 Å². The SMILES string of the molecule is CN(C)c1cccc(-c2cn3cc(O)ccc3n2)n1. The highest BCUT2D eigenvalue weighted by atomic mass is 16.3. The maximum absolute atomic E-state index is 9.46. The fraction of sp³-hybridized carbons (Fsp3) is 0.143. The molecule has 3 aromatic heterocycles. The summed E-state index contributed by atoms with van der Waals surface area (Å²) >= 11 is 0. The number of imidazole rings is 1. The van der Waals surface area contributed by atoms with Crippen LogP contribution in [0.5, 0.6) is 5.75 Å². The van der Waals surface area contributed by atoms with Crippen molar-refractivity contribution in [2.24, 2.45) is 0 Å². The van der Waals surface area contributed by atoms with Crippen molar-refractivity contribution in [2.75, 3.05) is 19.0 Å². The van der Waals surface area contributed by atoms with E-state index in [2.05, 4.69) is 9.97 Å². The zero-order valence-electron chi connectivity index (χ0n) is 10.8. The average Bonchev–Trinajstić information content (AvgIpc) is 2.81. The highest BCUT2D eigenvalue weighted by Gasteiger charge is 2.07. The Balaban J connectivity index is 2.11. The first-order valence-corrected chi connectivity index (χ1v) is 5.96. The predicted octanol–water partition coefficient (Wildman–Crippen LogP) is 2.17. The normalized spacial score (nSPS) is 10.8. The van der Waals surface area contributed by atoms with Gasteiger partial charge in [-0.25, -0.2) is 9.97 Å². The second-order valence-electron chi connectivity index (χ2n) is 4.55. The van der Waals surface area contributed by atoms with Crippen LogP contribution in [0, 0.1) is 0 Å². The number of aromatic nitrogens is 3. The van der Waals surface area contributed by atoms with Crippen LogP contribution in [0.3, 0.4) is 0 Å². The van der Waals surface area contributed by atoms with E-state index in [1.54, 1.807) is 22.7 Å². The van der Waals surface area contributed by atoms with E-state index in [0.29, 0.717) is 0 Å². The summed E-state index contributed by atoms with van der Waals surface area (Å²) in [6.45, 7) is 0. The molecule has 0 aliphatic heterocycles. The van der Waals surface area contributed by atoms with Crippen LogP contribution in [0.4, 0.5) is 5.82 Å². The van der Waals surface area contributed by atoms with Gasteiger partial charge in [-0.2, -0.15) is 0 Å². The second-order valence-corrected chi connectivity index (χ2v) is 4.55. The van der Waals surface area contributed by atoms with Crippen LogP contribution in [0.2, 0.25) is 0 Å². The van der Waals surface area contributed by atoms with E-state index in [1.807, 2.05) is 43.4 Å². The van der Waals surface area contributed by atoms with Crippen LogP contribution in [0.25, 0.3) is 17.0 Å². The molecule has 0 aromatic carbocycles. The summed E-state index contributed by atoms with van der Waals surface area (Å²) in [4.78, 5) is 11.0. The molecule has 0 saturated heterocycles. The van der Waals surface area contributed by atoms with Gasteiger partial charge in [0.05, 0.1) is 11.9 Å². The third-order valence-electron chi connectivity index (χ3n) is 2.89. The summed E-state index contributed by atoms with van der Waals surface area (Å²) < 4.78 is 1.79. The van der Waals surface area contributed by atoms with Crippen molar-refractivity contribution in [3.63, 3.8) is 0 Å². The second kappa shape index (κ2) is 4.28. The van der Waals surface area contributed by atoms with Crippen molar-refractivity contribution in [1.82, 2.24) is 14.4 Å². The smallest absolute Gasteiger partial charge is 0.137 e. The molecule has 0 bridgehead atoms. The van der Waals surface area contributed by atoms with Crippen LogP contribution in [-0.2, 0) is 0 Å². The third-order valence-corrected chi connectivity index (χ3v) is 2.89. The fourth-order valence-corrected chi connectivity index (χ4v) is 1.92. The van der Waals surface area contributed by atoms with Crippen LogP contribution < -0.4 is 4.90 Å².